The number of H-pyrrole nitrogens is 1. The maximum Gasteiger partial charge on any atom is 0.126 e. The number of aryl methyl sites for hydroxylation is 1. The highest BCUT2D eigenvalue weighted by Gasteiger charge is 1.94. The van der Waals surface area contributed by atoms with Crippen molar-refractivity contribution >= 4 is 5.82 Å². The molecule has 0 saturated heterocycles. The predicted molar refractivity (Wildman–Crippen MR) is 57.1 cm³/mol. The largest absolute Gasteiger partial charge is 0.367 e. The summed E-state index contributed by atoms with van der Waals surface area (Å²) in [6, 6.07) is 8.01. The van der Waals surface area contributed by atoms with Gasteiger partial charge in [-0.25, -0.2) is 4.98 Å². The quantitative estimate of drug-likeness (QED) is 0.774. The van der Waals surface area contributed by atoms with Crippen LogP contribution in [0.1, 0.15) is 11.3 Å². The van der Waals surface area contributed by atoms with Crippen molar-refractivity contribution in [2.45, 2.75) is 13.5 Å². The zero-order valence-electron chi connectivity index (χ0n) is 8.12. The van der Waals surface area contributed by atoms with Gasteiger partial charge in [-0.3, -0.25) is 0 Å². The summed E-state index contributed by atoms with van der Waals surface area (Å²) in [7, 11) is 0. The molecule has 2 heterocycles. The molecule has 2 aromatic rings. The maximum atomic E-state index is 4.35. The molecule has 0 saturated carbocycles. The van der Waals surface area contributed by atoms with Gasteiger partial charge in [0.05, 0.1) is 0 Å². The number of aromatic nitrogens is 2. The van der Waals surface area contributed by atoms with E-state index in [9.17, 15) is 0 Å². The van der Waals surface area contributed by atoms with Gasteiger partial charge in [0.1, 0.15) is 5.82 Å². The first-order chi connectivity index (χ1) is 6.84. The van der Waals surface area contributed by atoms with Crippen LogP contribution < -0.4 is 5.32 Å². The third-order valence-corrected chi connectivity index (χ3v) is 2.02. The third kappa shape index (κ3) is 2.13. The Labute approximate surface area is 83.2 Å². The third-order valence-electron chi connectivity index (χ3n) is 2.02. The summed E-state index contributed by atoms with van der Waals surface area (Å²) in [5, 5.41) is 3.26. The average molecular weight is 187 g/mol. The summed E-state index contributed by atoms with van der Waals surface area (Å²) in [6.07, 6.45) is 3.89. The van der Waals surface area contributed by atoms with Crippen LogP contribution >= 0.6 is 0 Å². The molecule has 2 rings (SSSR count). The van der Waals surface area contributed by atoms with E-state index in [2.05, 4.69) is 15.3 Å². The molecule has 0 atom stereocenters. The second-order valence-electron chi connectivity index (χ2n) is 3.24. The van der Waals surface area contributed by atoms with Crippen LogP contribution in [-0.4, -0.2) is 9.97 Å². The van der Waals surface area contributed by atoms with Gasteiger partial charge in [-0.05, 0) is 30.7 Å². The Bertz CT molecular complexity index is 393. The van der Waals surface area contributed by atoms with Gasteiger partial charge in [-0.2, -0.15) is 0 Å². The van der Waals surface area contributed by atoms with Crippen LogP contribution in [0.25, 0.3) is 0 Å². The number of nitrogens with zero attached hydrogens (tertiary/aromatic N) is 1. The standard InChI is InChI=1S/C11H13N3/c1-9-3-2-4-11(14-9)13-8-10-5-6-12-7-10/h2-7,12H,8H2,1H3,(H,13,14). The van der Waals surface area contributed by atoms with Crippen molar-refractivity contribution in [1.29, 1.82) is 0 Å². The molecular weight excluding hydrogens is 174 g/mol. The minimum atomic E-state index is 0.806. The Balaban J connectivity index is 1.98. The first-order valence-corrected chi connectivity index (χ1v) is 4.64. The molecule has 2 aromatic heterocycles. The molecule has 0 radical (unpaired) electrons. The van der Waals surface area contributed by atoms with Gasteiger partial charge < -0.3 is 10.3 Å². The predicted octanol–water partition coefficient (Wildman–Crippen LogP) is 2.33. The molecule has 0 aliphatic heterocycles. The minimum absolute atomic E-state index is 0.806. The SMILES string of the molecule is Cc1cccc(NCc2cc[nH]c2)n1. The molecule has 0 spiro atoms. The summed E-state index contributed by atoms with van der Waals surface area (Å²) in [4.78, 5) is 7.37. The van der Waals surface area contributed by atoms with Crippen molar-refractivity contribution < 1.29 is 0 Å². The second-order valence-corrected chi connectivity index (χ2v) is 3.24. The zero-order chi connectivity index (χ0) is 9.80. The van der Waals surface area contributed by atoms with E-state index in [1.54, 1.807) is 0 Å². The van der Waals surface area contributed by atoms with Crippen LogP contribution in [-0.2, 0) is 6.54 Å². The Morgan fingerprint density at radius 3 is 3.00 bits per heavy atom. The number of hydrogen-bond acceptors (Lipinski definition) is 2. The Hall–Kier alpha value is -1.77. The normalized spacial score (nSPS) is 10.1. The fourth-order valence-electron chi connectivity index (χ4n) is 1.30. The maximum absolute atomic E-state index is 4.35. The lowest BCUT2D eigenvalue weighted by atomic mass is 10.3. The molecule has 72 valence electrons. The van der Waals surface area contributed by atoms with Gasteiger partial charge in [0.15, 0.2) is 0 Å². The molecule has 3 heteroatoms. The zero-order valence-corrected chi connectivity index (χ0v) is 8.12. The molecular formula is C11H13N3. The molecule has 14 heavy (non-hydrogen) atoms. The van der Waals surface area contributed by atoms with Gasteiger partial charge in [0.25, 0.3) is 0 Å². The van der Waals surface area contributed by atoms with E-state index in [-0.39, 0.29) is 0 Å². The van der Waals surface area contributed by atoms with E-state index < -0.39 is 0 Å². The monoisotopic (exact) mass is 187 g/mol. The Morgan fingerprint density at radius 2 is 2.29 bits per heavy atom. The first-order valence-electron chi connectivity index (χ1n) is 4.64. The summed E-state index contributed by atoms with van der Waals surface area (Å²) in [5.41, 5.74) is 2.26. The van der Waals surface area contributed by atoms with Crippen LogP contribution in [0.3, 0.4) is 0 Å². The smallest absolute Gasteiger partial charge is 0.126 e. The molecule has 0 aromatic carbocycles. The topological polar surface area (TPSA) is 40.7 Å². The molecule has 3 nitrogen and oxygen atoms in total. The van der Waals surface area contributed by atoms with Crippen molar-refractivity contribution in [2.75, 3.05) is 5.32 Å². The van der Waals surface area contributed by atoms with Crippen molar-refractivity contribution in [1.82, 2.24) is 9.97 Å². The van der Waals surface area contributed by atoms with E-state index in [1.165, 1.54) is 5.56 Å². The highest BCUT2D eigenvalue weighted by atomic mass is 15.0. The average Bonchev–Trinajstić information content (AvgIpc) is 2.67. The summed E-state index contributed by atoms with van der Waals surface area (Å²) in [6.45, 7) is 2.79. The van der Waals surface area contributed by atoms with Crippen LogP contribution in [0.2, 0.25) is 0 Å². The van der Waals surface area contributed by atoms with E-state index in [0.29, 0.717) is 0 Å². The number of pyridine rings is 1. The van der Waals surface area contributed by atoms with Crippen molar-refractivity contribution in [2.24, 2.45) is 0 Å². The highest BCUT2D eigenvalue weighted by Crippen LogP contribution is 2.06. The Morgan fingerprint density at radius 1 is 1.36 bits per heavy atom. The van der Waals surface area contributed by atoms with E-state index in [4.69, 9.17) is 0 Å². The number of aromatic amines is 1. The number of nitrogens with one attached hydrogen (secondary N) is 2. The second kappa shape index (κ2) is 3.96. The molecule has 0 amide bonds. The van der Waals surface area contributed by atoms with Gasteiger partial charge in [0, 0.05) is 24.6 Å². The van der Waals surface area contributed by atoms with E-state index in [1.807, 2.05) is 43.6 Å². The highest BCUT2D eigenvalue weighted by molar-refractivity contribution is 5.35. The molecule has 0 fully saturated rings. The number of anilines is 1. The minimum Gasteiger partial charge on any atom is -0.367 e. The lowest BCUT2D eigenvalue weighted by molar-refractivity contribution is 1.09. The molecule has 0 unspecified atom stereocenters. The van der Waals surface area contributed by atoms with Crippen LogP contribution in [0, 0.1) is 6.92 Å². The van der Waals surface area contributed by atoms with Gasteiger partial charge in [-0.15, -0.1) is 0 Å². The Kier molecular flexibility index (Phi) is 2.49. The van der Waals surface area contributed by atoms with Crippen LogP contribution in [0.5, 0.6) is 0 Å². The molecule has 0 aliphatic rings. The van der Waals surface area contributed by atoms with Crippen molar-refractivity contribution in [3.05, 3.63) is 47.9 Å². The first kappa shape index (κ1) is 8.81. The van der Waals surface area contributed by atoms with E-state index >= 15 is 0 Å². The van der Waals surface area contributed by atoms with Crippen molar-refractivity contribution in [3.8, 4) is 0 Å². The summed E-state index contributed by atoms with van der Waals surface area (Å²) >= 11 is 0. The van der Waals surface area contributed by atoms with Crippen LogP contribution in [0.15, 0.2) is 36.7 Å². The lowest BCUT2D eigenvalue weighted by Crippen LogP contribution is -2.00. The van der Waals surface area contributed by atoms with E-state index in [0.717, 1.165) is 18.1 Å². The number of hydrogen-bond donors (Lipinski definition) is 2. The molecule has 0 bridgehead atoms. The van der Waals surface area contributed by atoms with Gasteiger partial charge in [-0.1, -0.05) is 6.07 Å². The number of rotatable bonds is 3. The fraction of sp³-hybridized carbons (Fsp3) is 0.182. The molecule has 0 aliphatic carbocycles. The fourth-order valence-corrected chi connectivity index (χ4v) is 1.30. The van der Waals surface area contributed by atoms with Crippen molar-refractivity contribution in [3.63, 3.8) is 0 Å². The van der Waals surface area contributed by atoms with Gasteiger partial charge >= 0.3 is 0 Å². The van der Waals surface area contributed by atoms with Crippen LogP contribution in [0.4, 0.5) is 5.82 Å². The van der Waals surface area contributed by atoms with Gasteiger partial charge in [0.2, 0.25) is 0 Å². The lowest BCUT2D eigenvalue weighted by Gasteiger charge is -2.03. The summed E-state index contributed by atoms with van der Waals surface area (Å²) < 4.78 is 0. The summed E-state index contributed by atoms with van der Waals surface area (Å²) in [5.74, 6) is 0.922. The molecule has 2 N–H and O–H groups in total.